The summed E-state index contributed by atoms with van der Waals surface area (Å²) in [6.45, 7) is 3.26. The third kappa shape index (κ3) is 3.98. The minimum absolute atomic E-state index is 0.0760. The van der Waals surface area contributed by atoms with Crippen molar-refractivity contribution >= 4 is 12.0 Å². The fourth-order valence-electron chi connectivity index (χ4n) is 2.29. The molecule has 1 fully saturated rings. The van der Waals surface area contributed by atoms with Gasteiger partial charge in [0.15, 0.2) is 0 Å². The van der Waals surface area contributed by atoms with Crippen LogP contribution in [0.4, 0.5) is 4.79 Å². The molecule has 20 heavy (non-hydrogen) atoms. The molecule has 1 N–H and O–H groups in total. The first kappa shape index (κ1) is 14.4. The van der Waals surface area contributed by atoms with Gasteiger partial charge in [-0.3, -0.25) is 4.79 Å². The first-order valence-corrected chi connectivity index (χ1v) is 7.00. The van der Waals surface area contributed by atoms with Crippen molar-refractivity contribution in [3.8, 4) is 5.75 Å². The molecular formula is C15H20N2O3. The topological polar surface area (TPSA) is 58.6 Å². The van der Waals surface area contributed by atoms with Crippen molar-refractivity contribution in [3.05, 3.63) is 30.3 Å². The smallest absolute Gasteiger partial charge is 0.410 e. The van der Waals surface area contributed by atoms with Gasteiger partial charge in [0.2, 0.25) is 5.91 Å². The Hall–Kier alpha value is -2.04. The summed E-state index contributed by atoms with van der Waals surface area (Å²) < 4.78 is 5.18. The van der Waals surface area contributed by atoms with Gasteiger partial charge in [-0.05, 0) is 25.0 Å². The first-order valence-electron chi connectivity index (χ1n) is 7.00. The third-order valence-electron chi connectivity index (χ3n) is 3.43. The standard InChI is InChI=1S/C15H20N2O3/c1-2-14(18)17-10-8-12(9-11-17)16-15(19)20-13-6-4-3-5-7-13/h3-7,12H,2,8-11H2,1H3,(H,16,19). The molecule has 2 amide bonds. The molecule has 0 aromatic heterocycles. The number of para-hydroxylation sites is 1. The number of carbonyl (C=O) groups excluding carboxylic acids is 2. The molecule has 0 saturated carbocycles. The highest BCUT2D eigenvalue weighted by atomic mass is 16.6. The van der Waals surface area contributed by atoms with E-state index in [9.17, 15) is 9.59 Å². The molecule has 0 bridgehead atoms. The van der Waals surface area contributed by atoms with Crippen molar-refractivity contribution in [3.63, 3.8) is 0 Å². The summed E-state index contributed by atoms with van der Waals surface area (Å²) in [6.07, 6.45) is 1.65. The van der Waals surface area contributed by atoms with Crippen LogP contribution in [-0.4, -0.2) is 36.0 Å². The van der Waals surface area contributed by atoms with E-state index in [1.807, 2.05) is 30.0 Å². The van der Waals surface area contributed by atoms with Gasteiger partial charge in [-0.2, -0.15) is 0 Å². The molecule has 0 unspecified atom stereocenters. The highest BCUT2D eigenvalue weighted by Gasteiger charge is 2.23. The molecule has 1 saturated heterocycles. The van der Waals surface area contributed by atoms with Gasteiger partial charge >= 0.3 is 6.09 Å². The lowest BCUT2D eigenvalue weighted by Gasteiger charge is -2.32. The summed E-state index contributed by atoms with van der Waals surface area (Å²) in [5.41, 5.74) is 0. The van der Waals surface area contributed by atoms with Crippen LogP contribution in [0.2, 0.25) is 0 Å². The van der Waals surface area contributed by atoms with E-state index in [0.29, 0.717) is 25.3 Å². The molecule has 1 aromatic rings. The molecule has 1 aliphatic heterocycles. The Morgan fingerprint density at radius 3 is 2.50 bits per heavy atom. The number of hydrogen-bond donors (Lipinski definition) is 1. The predicted molar refractivity (Wildman–Crippen MR) is 75.5 cm³/mol. The highest BCUT2D eigenvalue weighted by molar-refractivity contribution is 5.76. The van der Waals surface area contributed by atoms with Crippen LogP contribution in [-0.2, 0) is 4.79 Å². The summed E-state index contributed by atoms with van der Waals surface area (Å²) in [5.74, 6) is 0.707. The third-order valence-corrected chi connectivity index (χ3v) is 3.43. The fraction of sp³-hybridized carbons (Fsp3) is 0.467. The summed E-state index contributed by atoms with van der Waals surface area (Å²) in [6, 6.07) is 9.05. The van der Waals surface area contributed by atoms with Crippen molar-refractivity contribution < 1.29 is 14.3 Å². The number of piperidine rings is 1. The van der Waals surface area contributed by atoms with Gasteiger partial charge in [-0.25, -0.2) is 4.79 Å². The van der Waals surface area contributed by atoms with Crippen LogP contribution in [0, 0.1) is 0 Å². The Morgan fingerprint density at radius 1 is 1.25 bits per heavy atom. The lowest BCUT2D eigenvalue weighted by atomic mass is 10.1. The lowest BCUT2D eigenvalue weighted by Crippen LogP contribution is -2.47. The second kappa shape index (κ2) is 6.93. The van der Waals surface area contributed by atoms with Crippen molar-refractivity contribution in [2.24, 2.45) is 0 Å². The van der Waals surface area contributed by atoms with E-state index >= 15 is 0 Å². The number of nitrogens with zero attached hydrogens (tertiary/aromatic N) is 1. The molecule has 1 heterocycles. The number of amides is 2. The van der Waals surface area contributed by atoms with Crippen LogP contribution in [0.3, 0.4) is 0 Å². The second-order valence-electron chi connectivity index (χ2n) is 4.86. The Kier molecular flexibility index (Phi) is 4.98. The number of carbonyl (C=O) groups is 2. The second-order valence-corrected chi connectivity index (χ2v) is 4.86. The Balaban J connectivity index is 1.75. The summed E-state index contributed by atoms with van der Waals surface area (Å²) in [4.78, 5) is 25.1. The number of likely N-dealkylation sites (tertiary alicyclic amines) is 1. The number of rotatable bonds is 3. The first-order chi connectivity index (χ1) is 9.69. The van der Waals surface area contributed by atoms with Gasteiger partial charge in [-0.15, -0.1) is 0 Å². The van der Waals surface area contributed by atoms with Gasteiger partial charge in [0.05, 0.1) is 0 Å². The fourth-order valence-corrected chi connectivity index (χ4v) is 2.29. The van der Waals surface area contributed by atoms with Gasteiger partial charge in [0.25, 0.3) is 0 Å². The predicted octanol–water partition coefficient (Wildman–Crippen LogP) is 2.18. The Labute approximate surface area is 118 Å². The quantitative estimate of drug-likeness (QED) is 0.920. The van der Waals surface area contributed by atoms with E-state index in [1.165, 1.54) is 0 Å². The monoisotopic (exact) mass is 276 g/mol. The van der Waals surface area contributed by atoms with Crippen LogP contribution in [0.15, 0.2) is 30.3 Å². The summed E-state index contributed by atoms with van der Waals surface area (Å²) >= 11 is 0. The van der Waals surface area contributed by atoms with Gasteiger partial charge in [-0.1, -0.05) is 25.1 Å². The number of hydrogen-bond acceptors (Lipinski definition) is 3. The molecular weight excluding hydrogens is 256 g/mol. The average molecular weight is 276 g/mol. The highest BCUT2D eigenvalue weighted by Crippen LogP contribution is 2.13. The maximum absolute atomic E-state index is 11.7. The molecule has 5 heteroatoms. The number of benzene rings is 1. The van der Waals surface area contributed by atoms with Gasteiger partial charge in [0.1, 0.15) is 5.75 Å². The molecule has 0 atom stereocenters. The van der Waals surface area contributed by atoms with Gasteiger partial charge in [0, 0.05) is 25.6 Å². The number of ether oxygens (including phenoxy) is 1. The zero-order valence-electron chi connectivity index (χ0n) is 11.7. The van der Waals surface area contributed by atoms with Crippen LogP contribution in [0.5, 0.6) is 5.75 Å². The van der Waals surface area contributed by atoms with Crippen molar-refractivity contribution in [2.45, 2.75) is 32.2 Å². The summed E-state index contributed by atoms with van der Waals surface area (Å²) in [5, 5.41) is 2.85. The van der Waals surface area contributed by atoms with Crippen LogP contribution >= 0.6 is 0 Å². The SMILES string of the molecule is CCC(=O)N1CCC(NC(=O)Oc2ccccc2)CC1. The van der Waals surface area contributed by atoms with E-state index < -0.39 is 6.09 Å². The molecule has 2 rings (SSSR count). The van der Waals surface area contributed by atoms with Crippen molar-refractivity contribution in [2.75, 3.05) is 13.1 Å². The lowest BCUT2D eigenvalue weighted by molar-refractivity contribution is -0.131. The van der Waals surface area contributed by atoms with Crippen molar-refractivity contribution in [1.82, 2.24) is 10.2 Å². The van der Waals surface area contributed by atoms with Crippen LogP contribution in [0.1, 0.15) is 26.2 Å². The largest absolute Gasteiger partial charge is 0.412 e. The van der Waals surface area contributed by atoms with Crippen LogP contribution in [0.25, 0.3) is 0 Å². The molecule has 1 aliphatic rings. The van der Waals surface area contributed by atoms with Crippen molar-refractivity contribution in [1.29, 1.82) is 0 Å². The van der Waals surface area contributed by atoms with E-state index in [4.69, 9.17) is 4.74 Å². The molecule has 0 radical (unpaired) electrons. The average Bonchev–Trinajstić information content (AvgIpc) is 2.48. The molecule has 5 nitrogen and oxygen atoms in total. The minimum atomic E-state index is -0.434. The molecule has 108 valence electrons. The molecule has 1 aromatic carbocycles. The van der Waals surface area contributed by atoms with E-state index in [0.717, 1.165) is 12.8 Å². The maximum atomic E-state index is 11.7. The maximum Gasteiger partial charge on any atom is 0.412 e. The Morgan fingerprint density at radius 2 is 1.90 bits per heavy atom. The number of nitrogens with one attached hydrogen (secondary N) is 1. The van der Waals surface area contributed by atoms with Crippen LogP contribution < -0.4 is 10.1 Å². The summed E-state index contributed by atoms with van der Waals surface area (Å²) in [7, 11) is 0. The van der Waals surface area contributed by atoms with Gasteiger partial charge < -0.3 is 15.0 Å². The molecule has 0 spiro atoms. The Bertz CT molecular complexity index is 453. The van der Waals surface area contributed by atoms with E-state index in [2.05, 4.69) is 5.32 Å². The van der Waals surface area contributed by atoms with E-state index in [1.54, 1.807) is 12.1 Å². The normalized spacial score (nSPS) is 15.8. The van der Waals surface area contributed by atoms with E-state index in [-0.39, 0.29) is 11.9 Å². The zero-order valence-corrected chi connectivity index (χ0v) is 11.7. The minimum Gasteiger partial charge on any atom is -0.410 e. The molecule has 0 aliphatic carbocycles. The zero-order chi connectivity index (χ0) is 14.4.